The lowest BCUT2D eigenvalue weighted by Gasteiger charge is -2.19. The average molecular weight is 274 g/mol. The number of para-hydroxylation sites is 1. The molecule has 4 N–H and O–H groups in total. The molecule has 0 aliphatic rings. The van der Waals surface area contributed by atoms with Crippen LogP contribution < -0.4 is 15.8 Å². The zero-order chi connectivity index (χ0) is 14.4. The van der Waals surface area contributed by atoms with E-state index in [1.807, 2.05) is 24.4 Å². The summed E-state index contributed by atoms with van der Waals surface area (Å²) in [5.41, 5.74) is 8.24. The number of hydrogen-bond acceptors (Lipinski definition) is 4. The Morgan fingerprint density at radius 1 is 1.40 bits per heavy atom. The minimum absolute atomic E-state index is 0.0375. The molecule has 2 rings (SSSR count). The number of H-pyrrole nitrogens is 1. The van der Waals surface area contributed by atoms with Crippen LogP contribution in [0.5, 0.6) is 5.75 Å². The molecule has 20 heavy (non-hydrogen) atoms. The first-order chi connectivity index (χ1) is 9.70. The molecule has 0 aliphatic heterocycles. The van der Waals surface area contributed by atoms with Gasteiger partial charge in [0.05, 0.1) is 19.1 Å². The summed E-state index contributed by atoms with van der Waals surface area (Å²) in [6.07, 6.45) is 4.31. The van der Waals surface area contributed by atoms with E-state index in [2.05, 4.69) is 28.3 Å². The van der Waals surface area contributed by atoms with E-state index < -0.39 is 0 Å². The van der Waals surface area contributed by atoms with Crippen molar-refractivity contribution >= 4 is 0 Å². The number of benzene rings is 1. The molecule has 0 fully saturated rings. The number of hydrogen-bond donors (Lipinski definition) is 3. The molecule has 108 valence electrons. The van der Waals surface area contributed by atoms with E-state index in [0.29, 0.717) is 0 Å². The highest BCUT2D eigenvalue weighted by molar-refractivity contribution is 5.35. The highest BCUT2D eigenvalue weighted by Crippen LogP contribution is 2.24. The molecule has 2 aromatic rings. The van der Waals surface area contributed by atoms with Gasteiger partial charge in [-0.05, 0) is 13.0 Å². The van der Waals surface area contributed by atoms with Crippen LogP contribution in [-0.2, 0) is 6.42 Å². The van der Waals surface area contributed by atoms with E-state index in [4.69, 9.17) is 10.5 Å². The van der Waals surface area contributed by atoms with Crippen molar-refractivity contribution < 1.29 is 4.74 Å². The first-order valence-electron chi connectivity index (χ1n) is 6.80. The minimum atomic E-state index is 0.0375. The van der Waals surface area contributed by atoms with Crippen molar-refractivity contribution in [2.45, 2.75) is 25.4 Å². The maximum absolute atomic E-state index is 6.11. The summed E-state index contributed by atoms with van der Waals surface area (Å²) >= 11 is 0. The van der Waals surface area contributed by atoms with Crippen LogP contribution in [0.2, 0.25) is 0 Å². The number of ether oxygens (including phenoxy) is 1. The van der Waals surface area contributed by atoms with E-state index in [1.54, 1.807) is 13.4 Å². The number of aromatic nitrogens is 2. The van der Waals surface area contributed by atoms with Crippen molar-refractivity contribution in [2.24, 2.45) is 5.73 Å². The smallest absolute Gasteiger partial charge is 0.123 e. The number of aromatic amines is 1. The predicted octanol–water partition coefficient (Wildman–Crippen LogP) is 1.64. The molecule has 1 aromatic carbocycles. The van der Waals surface area contributed by atoms with E-state index in [-0.39, 0.29) is 12.1 Å². The summed E-state index contributed by atoms with van der Waals surface area (Å²) < 4.78 is 5.37. The second-order valence-electron chi connectivity index (χ2n) is 4.90. The van der Waals surface area contributed by atoms with Crippen LogP contribution in [0.3, 0.4) is 0 Å². The van der Waals surface area contributed by atoms with E-state index in [0.717, 1.165) is 30.0 Å². The molecule has 0 unspecified atom stereocenters. The quantitative estimate of drug-likeness (QED) is 0.717. The fourth-order valence-corrected chi connectivity index (χ4v) is 2.21. The Bertz CT molecular complexity index is 512. The third-order valence-electron chi connectivity index (χ3n) is 3.32. The van der Waals surface area contributed by atoms with Gasteiger partial charge < -0.3 is 20.8 Å². The largest absolute Gasteiger partial charge is 0.496 e. The SMILES string of the molecule is COc1ccccc1[C@H](C)NC[C@H](N)Cc1c[nH]cn1. The van der Waals surface area contributed by atoms with Gasteiger partial charge in [-0.25, -0.2) is 4.98 Å². The Hall–Kier alpha value is -1.85. The first-order valence-corrected chi connectivity index (χ1v) is 6.80. The second-order valence-corrected chi connectivity index (χ2v) is 4.90. The Balaban J connectivity index is 1.86. The Morgan fingerprint density at radius 3 is 2.90 bits per heavy atom. The fraction of sp³-hybridized carbons (Fsp3) is 0.400. The maximum atomic E-state index is 6.11. The van der Waals surface area contributed by atoms with Gasteiger partial charge in [0, 0.05) is 36.8 Å². The molecule has 0 aliphatic carbocycles. The third kappa shape index (κ3) is 3.82. The molecule has 1 heterocycles. The third-order valence-corrected chi connectivity index (χ3v) is 3.32. The van der Waals surface area contributed by atoms with E-state index in [1.165, 1.54) is 0 Å². The normalized spacial score (nSPS) is 13.9. The van der Waals surface area contributed by atoms with Crippen LogP contribution in [0.25, 0.3) is 0 Å². The van der Waals surface area contributed by atoms with Gasteiger partial charge in [0.1, 0.15) is 5.75 Å². The molecule has 5 nitrogen and oxygen atoms in total. The molecular formula is C15H22N4O. The Kier molecular flexibility index (Phi) is 5.15. The molecule has 0 spiro atoms. The highest BCUT2D eigenvalue weighted by Gasteiger charge is 2.12. The maximum Gasteiger partial charge on any atom is 0.123 e. The molecule has 5 heteroatoms. The van der Waals surface area contributed by atoms with Crippen molar-refractivity contribution in [1.82, 2.24) is 15.3 Å². The molecule has 1 aromatic heterocycles. The number of nitrogens with one attached hydrogen (secondary N) is 2. The lowest BCUT2D eigenvalue weighted by Crippen LogP contribution is -2.36. The van der Waals surface area contributed by atoms with Crippen LogP contribution in [-0.4, -0.2) is 29.7 Å². The topological polar surface area (TPSA) is 76.0 Å². The summed E-state index contributed by atoms with van der Waals surface area (Å²) in [6.45, 7) is 2.84. The molecule has 0 saturated carbocycles. The zero-order valence-electron chi connectivity index (χ0n) is 12.0. The van der Waals surface area contributed by atoms with E-state index >= 15 is 0 Å². The fourth-order valence-electron chi connectivity index (χ4n) is 2.21. The first kappa shape index (κ1) is 14.6. The summed E-state index contributed by atoms with van der Waals surface area (Å²) in [5.74, 6) is 0.897. The van der Waals surface area contributed by atoms with Crippen LogP contribution in [0.15, 0.2) is 36.8 Å². The van der Waals surface area contributed by atoms with Crippen molar-refractivity contribution in [3.05, 3.63) is 48.0 Å². The van der Waals surface area contributed by atoms with E-state index in [9.17, 15) is 0 Å². The number of methoxy groups -OCH3 is 1. The monoisotopic (exact) mass is 274 g/mol. The molecule has 0 saturated heterocycles. The molecule has 0 amide bonds. The Labute approximate surface area is 119 Å². The molecule has 0 radical (unpaired) electrons. The number of rotatable bonds is 7. The number of nitrogens with two attached hydrogens (primary N) is 1. The Morgan fingerprint density at radius 2 is 2.20 bits per heavy atom. The average Bonchev–Trinajstić information content (AvgIpc) is 2.97. The van der Waals surface area contributed by atoms with Crippen molar-refractivity contribution in [1.29, 1.82) is 0 Å². The van der Waals surface area contributed by atoms with Crippen LogP contribution in [0.1, 0.15) is 24.2 Å². The van der Waals surface area contributed by atoms with Gasteiger partial charge in [0.15, 0.2) is 0 Å². The standard InChI is InChI=1S/C15H22N4O/c1-11(14-5-3-4-6-15(14)20-2)18-8-12(16)7-13-9-17-10-19-13/h3-6,9-12,18H,7-8,16H2,1-2H3,(H,17,19)/t11-,12+/m0/s1. The lowest BCUT2D eigenvalue weighted by atomic mass is 10.1. The zero-order valence-corrected chi connectivity index (χ0v) is 12.0. The molecule has 0 bridgehead atoms. The highest BCUT2D eigenvalue weighted by atomic mass is 16.5. The molecular weight excluding hydrogens is 252 g/mol. The van der Waals surface area contributed by atoms with Crippen molar-refractivity contribution in [2.75, 3.05) is 13.7 Å². The van der Waals surface area contributed by atoms with Crippen LogP contribution in [0, 0.1) is 0 Å². The van der Waals surface area contributed by atoms with Crippen LogP contribution >= 0.6 is 0 Å². The summed E-state index contributed by atoms with van der Waals surface area (Å²) in [5, 5.41) is 3.44. The van der Waals surface area contributed by atoms with Gasteiger partial charge in [0.2, 0.25) is 0 Å². The second kappa shape index (κ2) is 7.07. The number of imidazole rings is 1. The van der Waals surface area contributed by atoms with Gasteiger partial charge in [-0.1, -0.05) is 18.2 Å². The van der Waals surface area contributed by atoms with Gasteiger partial charge in [-0.2, -0.15) is 0 Å². The predicted molar refractivity (Wildman–Crippen MR) is 79.7 cm³/mol. The number of nitrogens with zero attached hydrogens (tertiary/aromatic N) is 1. The van der Waals surface area contributed by atoms with Gasteiger partial charge in [-0.15, -0.1) is 0 Å². The van der Waals surface area contributed by atoms with Crippen LogP contribution in [0.4, 0.5) is 0 Å². The summed E-state index contributed by atoms with van der Waals surface area (Å²) in [4.78, 5) is 7.12. The van der Waals surface area contributed by atoms with Gasteiger partial charge in [0.25, 0.3) is 0 Å². The molecule has 2 atom stereocenters. The van der Waals surface area contributed by atoms with Gasteiger partial charge in [-0.3, -0.25) is 0 Å². The van der Waals surface area contributed by atoms with Crippen molar-refractivity contribution in [3.8, 4) is 5.75 Å². The summed E-state index contributed by atoms with van der Waals surface area (Å²) in [6, 6.07) is 8.25. The summed E-state index contributed by atoms with van der Waals surface area (Å²) in [7, 11) is 1.69. The lowest BCUT2D eigenvalue weighted by molar-refractivity contribution is 0.400. The minimum Gasteiger partial charge on any atom is -0.496 e. The van der Waals surface area contributed by atoms with Gasteiger partial charge >= 0.3 is 0 Å². The van der Waals surface area contributed by atoms with Crippen molar-refractivity contribution in [3.63, 3.8) is 0 Å².